The molecule has 62 heavy (non-hydrogen) atoms. The van der Waals surface area contributed by atoms with Gasteiger partial charge in [0.2, 0.25) is 0 Å². The number of nitrogens with zero attached hydrogens (tertiary/aromatic N) is 2. The quantitative estimate of drug-likeness (QED) is 0.0413. The van der Waals surface area contributed by atoms with Gasteiger partial charge in [-0.2, -0.15) is 0 Å². The Morgan fingerprint density at radius 2 is 0.806 bits per heavy atom. The van der Waals surface area contributed by atoms with E-state index in [4.69, 9.17) is 0 Å². The summed E-state index contributed by atoms with van der Waals surface area (Å²) in [5.74, 6) is -3.30. The number of fused-ring (bicyclic) bond motifs is 2. The van der Waals surface area contributed by atoms with E-state index in [0.29, 0.717) is 55.5 Å². The Morgan fingerprint density at radius 3 is 1.10 bits per heavy atom. The molecule has 0 aromatic heterocycles. The SMILES string of the molecule is Cc1cc2c(C(C)C)c(O)c(O)c(C=Nc3ccc([C@@H](O)[C@H](O)CO)cc3)c2c(O)c1-c1c(C)cc2c(C(C)C)c(O)c(O)c(C=Nc3ccc([C@H](O)[C@H](O)CO)cc3)c2c1O. The van der Waals surface area contributed by atoms with Crippen molar-refractivity contribution in [1.82, 2.24) is 0 Å². The second kappa shape index (κ2) is 18.0. The van der Waals surface area contributed by atoms with E-state index in [-0.39, 0.29) is 56.4 Å². The van der Waals surface area contributed by atoms with Crippen molar-refractivity contribution in [2.24, 2.45) is 9.98 Å². The molecule has 0 amide bonds. The van der Waals surface area contributed by atoms with Crippen molar-refractivity contribution in [2.45, 2.75) is 77.8 Å². The first kappa shape index (κ1) is 45.3. The smallest absolute Gasteiger partial charge is 0.167 e. The Hall–Kier alpha value is -6.26. The maximum Gasteiger partial charge on any atom is 0.167 e. The van der Waals surface area contributed by atoms with E-state index in [1.54, 1.807) is 26.0 Å². The highest BCUT2D eigenvalue weighted by Gasteiger charge is 2.30. The summed E-state index contributed by atoms with van der Waals surface area (Å²) in [7, 11) is 0. The first-order chi connectivity index (χ1) is 29.3. The van der Waals surface area contributed by atoms with Crippen LogP contribution in [0.1, 0.15) is 96.2 Å². The van der Waals surface area contributed by atoms with Gasteiger partial charge in [0.05, 0.1) is 35.7 Å². The normalized spacial score (nSPS) is 14.2. The molecule has 14 nitrogen and oxygen atoms in total. The van der Waals surface area contributed by atoms with Gasteiger partial charge in [-0.15, -0.1) is 0 Å². The third-order valence-electron chi connectivity index (χ3n) is 11.2. The van der Waals surface area contributed by atoms with E-state index in [2.05, 4.69) is 9.98 Å². The molecule has 6 aromatic carbocycles. The van der Waals surface area contributed by atoms with Crippen LogP contribution in [0.2, 0.25) is 0 Å². The number of benzene rings is 6. The van der Waals surface area contributed by atoms with Gasteiger partial charge in [0.25, 0.3) is 0 Å². The fraction of sp³-hybridized carbons (Fsp3) is 0.292. The van der Waals surface area contributed by atoms with Crippen molar-refractivity contribution in [3.05, 3.63) is 105 Å². The lowest BCUT2D eigenvalue weighted by molar-refractivity contribution is -0.0152. The number of hydrogen-bond acceptors (Lipinski definition) is 14. The molecule has 6 aromatic rings. The molecule has 6 rings (SSSR count). The number of aliphatic hydroxyl groups excluding tert-OH is 6. The molecule has 0 saturated carbocycles. The van der Waals surface area contributed by atoms with E-state index in [9.17, 15) is 61.3 Å². The van der Waals surface area contributed by atoms with Crippen molar-refractivity contribution in [1.29, 1.82) is 0 Å². The van der Waals surface area contributed by atoms with Crippen LogP contribution in [-0.4, -0.2) is 99.1 Å². The Bertz CT molecular complexity index is 2520. The predicted molar refractivity (Wildman–Crippen MR) is 238 cm³/mol. The van der Waals surface area contributed by atoms with Crippen molar-refractivity contribution < 1.29 is 61.3 Å². The minimum Gasteiger partial charge on any atom is -0.507 e. The summed E-state index contributed by atoms with van der Waals surface area (Å²) in [5, 5.41) is 131. The van der Waals surface area contributed by atoms with E-state index in [0.717, 1.165) is 0 Å². The minimum absolute atomic E-state index is 0.0414. The molecule has 14 heteroatoms. The van der Waals surface area contributed by atoms with Gasteiger partial charge >= 0.3 is 0 Å². The molecule has 12 N–H and O–H groups in total. The summed E-state index contributed by atoms with van der Waals surface area (Å²) < 4.78 is 0. The van der Waals surface area contributed by atoms with Crippen LogP contribution in [0.3, 0.4) is 0 Å². The van der Waals surface area contributed by atoms with Gasteiger partial charge in [0.1, 0.15) is 35.9 Å². The Labute approximate surface area is 357 Å². The number of phenolic OH excluding ortho intramolecular Hbond substituents is 6. The second-order valence-electron chi connectivity index (χ2n) is 16.1. The highest BCUT2D eigenvalue weighted by molar-refractivity contribution is 6.15. The summed E-state index contributed by atoms with van der Waals surface area (Å²) >= 11 is 0. The molecule has 0 heterocycles. The third kappa shape index (κ3) is 8.11. The van der Waals surface area contributed by atoms with E-state index in [1.807, 2.05) is 27.7 Å². The first-order valence-corrected chi connectivity index (χ1v) is 20.0. The lowest BCUT2D eigenvalue weighted by Gasteiger charge is -2.23. The minimum atomic E-state index is -1.39. The molecule has 0 radical (unpaired) electrons. The summed E-state index contributed by atoms with van der Waals surface area (Å²) in [5.41, 5.74) is 3.28. The molecular weight excluding hydrogens is 797 g/mol. The van der Waals surface area contributed by atoms with Crippen molar-refractivity contribution in [2.75, 3.05) is 13.2 Å². The van der Waals surface area contributed by atoms with Crippen molar-refractivity contribution in [3.63, 3.8) is 0 Å². The molecule has 0 aliphatic heterocycles. The average molecular weight is 849 g/mol. The number of aryl methyl sites for hydroxylation is 2. The molecule has 4 atom stereocenters. The second-order valence-corrected chi connectivity index (χ2v) is 16.1. The van der Waals surface area contributed by atoms with Gasteiger partial charge in [-0.1, -0.05) is 64.1 Å². The van der Waals surface area contributed by atoms with E-state index in [1.165, 1.54) is 61.0 Å². The molecule has 0 aliphatic rings. The Kier molecular flexibility index (Phi) is 13.1. The van der Waals surface area contributed by atoms with Crippen molar-refractivity contribution in [3.8, 4) is 45.6 Å². The van der Waals surface area contributed by atoms with Crippen LogP contribution < -0.4 is 0 Å². The fourth-order valence-electron chi connectivity index (χ4n) is 8.06. The highest BCUT2D eigenvalue weighted by Crippen LogP contribution is 2.54. The molecule has 0 aliphatic carbocycles. The van der Waals surface area contributed by atoms with Gasteiger partial charge in [0, 0.05) is 45.5 Å². The Morgan fingerprint density at radius 1 is 0.484 bits per heavy atom. The predicted octanol–water partition coefficient (Wildman–Crippen LogP) is 7.03. The van der Waals surface area contributed by atoms with Crippen LogP contribution in [0.15, 0.2) is 70.6 Å². The van der Waals surface area contributed by atoms with Crippen molar-refractivity contribution >= 4 is 45.3 Å². The maximum atomic E-state index is 12.5. The van der Waals surface area contributed by atoms with Crippen LogP contribution in [0.5, 0.6) is 34.5 Å². The van der Waals surface area contributed by atoms with Crippen LogP contribution >= 0.6 is 0 Å². The molecule has 326 valence electrons. The number of hydrogen-bond donors (Lipinski definition) is 12. The van der Waals surface area contributed by atoms with Crippen LogP contribution in [0.25, 0.3) is 32.7 Å². The summed E-state index contributed by atoms with van der Waals surface area (Å²) in [4.78, 5) is 8.97. The van der Waals surface area contributed by atoms with Gasteiger partial charge in [-0.05, 0) is 83.0 Å². The molecule has 0 unspecified atom stereocenters. The Balaban J connectivity index is 1.60. The van der Waals surface area contributed by atoms with Gasteiger partial charge in [-0.25, -0.2) is 0 Å². The zero-order valence-electron chi connectivity index (χ0n) is 35.1. The van der Waals surface area contributed by atoms with Crippen LogP contribution in [0, 0.1) is 13.8 Å². The number of phenols is 6. The zero-order chi connectivity index (χ0) is 45.5. The maximum absolute atomic E-state index is 12.5. The largest absolute Gasteiger partial charge is 0.507 e. The molecule has 0 bridgehead atoms. The van der Waals surface area contributed by atoms with E-state index >= 15 is 0 Å². The highest BCUT2D eigenvalue weighted by atomic mass is 16.4. The number of aliphatic hydroxyl groups is 6. The first-order valence-electron chi connectivity index (χ1n) is 20.0. The molecule has 0 saturated heterocycles. The lowest BCUT2D eigenvalue weighted by atomic mass is 9.83. The topological polar surface area (TPSA) is 267 Å². The van der Waals surface area contributed by atoms with Crippen LogP contribution in [-0.2, 0) is 0 Å². The van der Waals surface area contributed by atoms with Gasteiger partial charge in [-0.3, -0.25) is 9.98 Å². The van der Waals surface area contributed by atoms with Gasteiger partial charge < -0.3 is 61.3 Å². The lowest BCUT2D eigenvalue weighted by Crippen LogP contribution is -2.21. The summed E-state index contributed by atoms with van der Waals surface area (Å²) in [6, 6.07) is 15.6. The molecule has 0 fully saturated rings. The summed E-state index contributed by atoms with van der Waals surface area (Å²) in [6.45, 7) is 9.44. The average Bonchev–Trinajstić information content (AvgIpc) is 3.24. The fourth-order valence-corrected chi connectivity index (χ4v) is 8.06. The van der Waals surface area contributed by atoms with Gasteiger partial charge in [0.15, 0.2) is 23.0 Å². The zero-order valence-corrected chi connectivity index (χ0v) is 35.1. The number of aliphatic imine (C=N–C) groups is 2. The monoisotopic (exact) mass is 848 g/mol. The van der Waals surface area contributed by atoms with Crippen LogP contribution in [0.4, 0.5) is 11.4 Å². The number of rotatable bonds is 13. The number of aromatic hydroxyl groups is 6. The standard InChI is InChI=1S/C48H52N2O12/c1-21(2)35-29-15-23(5)37(45(59)39(29)31(43(57)47(35)61)17-49-27-11-7-25(8-12-27)41(55)33(53)19-51)38-24(6)16-30-36(22(3)4)48(62)44(58)32(40(30)46(38)60)18-50-28-13-9-26(10-14-28)42(56)34(54)20-52/h7-18,21-22,33-34,41-42,51-62H,19-20H2,1-6H3/t33-,34-,41-,42+/m1/s1. The third-order valence-corrected chi connectivity index (χ3v) is 11.2. The van der Waals surface area contributed by atoms with E-state index < -0.39 is 60.6 Å². The molecular formula is C48H52N2O12. The summed E-state index contributed by atoms with van der Waals surface area (Å²) in [6.07, 6.45) is -2.93. The molecule has 0 spiro atoms.